The number of rotatable bonds is 0. The lowest BCUT2D eigenvalue weighted by atomic mass is 9.61. The zero-order valence-corrected chi connectivity index (χ0v) is 88.1. The summed E-state index contributed by atoms with van der Waals surface area (Å²) in [6, 6.07) is 0. The van der Waals surface area contributed by atoms with Crippen molar-refractivity contribution in [1.29, 1.82) is 0 Å². The molecule has 4 spiro atoms. The minimum absolute atomic E-state index is 0.833. The van der Waals surface area contributed by atoms with Crippen LogP contribution < -0.4 is 0 Å². The summed E-state index contributed by atoms with van der Waals surface area (Å²) in [5.74, 6) is 19.1. The first-order valence-corrected chi connectivity index (χ1v) is 56.1. The van der Waals surface area contributed by atoms with Crippen molar-refractivity contribution >= 4 is 0 Å². The second-order valence-electron chi connectivity index (χ2n) is 50.3. The molecule has 118 heavy (non-hydrogen) atoms. The molecule has 18 aliphatic carbocycles. The Bertz CT molecular complexity index is 1680. The molecule has 18 aliphatic rings. The van der Waals surface area contributed by atoms with E-state index in [2.05, 4.69) is 187 Å². The van der Waals surface area contributed by atoms with E-state index in [1.54, 1.807) is 231 Å². The first kappa shape index (κ1) is 116. The minimum atomic E-state index is 0.833. The summed E-state index contributed by atoms with van der Waals surface area (Å²) in [5, 5.41) is 0. The lowest BCUT2D eigenvalue weighted by Gasteiger charge is -2.45. The molecule has 18 saturated carbocycles. The monoisotopic (exact) mass is 1650 g/mol. The second kappa shape index (κ2) is 70.9. The van der Waals surface area contributed by atoms with E-state index >= 15 is 0 Å². The van der Waals surface area contributed by atoms with E-state index in [-0.39, 0.29) is 0 Å². The third-order valence-corrected chi connectivity index (χ3v) is 29.0. The molecule has 708 valence electrons. The molecule has 0 radical (unpaired) electrons. The Morgan fingerprint density at radius 3 is 0.263 bits per heavy atom. The smallest absolute Gasteiger partial charge is 0.0297 e. The highest BCUT2D eigenvalue weighted by Crippen LogP contribution is 2.58. The van der Waals surface area contributed by atoms with Crippen molar-refractivity contribution < 1.29 is 0 Å². The Hall–Kier alpha value is 0. The Kier molecular flexibility index (Phi) is 69.7. The van der Waals surface area contributed by atoms with Gasteiger partial charge in [-0.25, -0.2) is 0 Å². The van der Waals surface area contributed by atoms with Crippen LogP contribution in [0.15, 0.2) is 0 Å². The predicted octanol–water partition coefficient (Wildman–Crippen LogP) is 42.7. The van der Waals surface area contributed by atoms with Crippen LogP contribution in [0.4, 0.5) is 0 Å². The zero-order valence-electron chi connectivity index (χ0n) is 88.1. The lowest BCUT2D eigenvalue weighted by molar-refractivity contribution is 0.0775. The fourth-order valence-corrected chi connectivity index (χ4v) is 22.5. The van der Waals surface area contributed by atoms with Crippen LogP contribution in [0.5, 0.6) is 0 Å². The zero-order chi connectivity index (χ0) is 88.1. The molecule has 0 aromatic heterocycles. The normalized spacial score (nSPS) is 29.0. The number of hydrogen-bond acceptors (Lipinski definition) is 0. The predicted molar refractivity (Wildman–Crippen MR) is 543 cm³/mol. The van der Waals surface area contributed by atoms with E-state index in [1.165, 1.54) is 217 Å². The van der Waals surface area contributed by atoms with Crippen LogP contribution in [0.1, 0.15) is 624 Å². The largest absolute Gasteiger partial charge is 0.0630 e. The summed E-state index contributed by atoms with van der Waals surface area (Å²) in [6.07, 6.45) is 105. The topological polar surface area (TPSA) is 0 Å². The Balaban J connectivity index is 0.000000633. The molecule has 0 aromatic rings. The maximum absolute atomic E-state index is 2.17. The Labute approximate surface area is 752 Å². The fourth-order valence-electron chi connectivity index (χ4n) is 22.5. The summed E-state index contributed by atoms with van der Waals surface area (Å²) in [5.41, 5.74) is 3.69. The maximum Gasteiger partial charge on any atom is -0.0297 e. The van der Waals surface area contributed by atoms with Gasteiger partial charge in [-0.05, 0) is 237 Å². The van der Waals surface area contributed by atoms with E-state index in [0.717, 1.165) is 122 Å². The van der Waals surface area contributed by atoms with Crippen LogP contribution in [0.3, 0.4) is 0 Å². The van der Waals surface area contributed by atoms with E-state index in [0.29, 0.717) is 0 Å². The van der Waals surface area contributed by atoms with E-state index < -0.39 is 0 Å². The van der Waals surface area contributed by atoms with Crippen molar-refractivity contribution in [1.82, 2.24) is 0 Å². The molecule has 2 atom stereocenters. The highest BCUT2D eigenvalue weighted by atomic mass is 14.5. The summed E-state index contributed by atoms with van der Waals surface area (Å²) < 4.78 is 0. The molecule has 0 heterocycles. The van der Waals surface area contributed by atoms with E-state index in [4.69, 9.17) is 0 Å². The maximum atomic E-state index is 2.17. The van der Waals surface area contributed by atoms with Gasteiger partial charge in [0, 0.05) is 0 Å². The Morgan fingerprint density at radius 1 is 0.102 bits per heavy atom. The molecular weight excluding hydrogens is 1420 g/mol. The van der Waals surface area contributed by atoms with Gasteiger partial charge in [-0.15, -0.1) is 0 Å². The third kappa shape index (κ3) is 66.4. The van der Waals surface area contributed by atoms with Gasteiger partial charge in [0.1, 0.15) is 0 Å². The molecule has 18 rings (SSSR count). The minimum Gasteiger partial charge on any atom is -0.0630 e. The van der Waals surface area contributed by atoms with Gasteiger partial charge in [0.05, 0.1) is 0 Å². The van der Waals surface area contributed by atoms with Crippen molar-refractivity contribution in [2.45, 2.75) is 624 Å². The van der Waals surface area contributed by atoms with E-state index in [9.17, 15) is 0 Å². The first-order chi connectivity index (χ1) is 56.1. The number of hydrogen-bond donors (Lipinski definition) is 0. The van der Waals surface area contributed by atoms with Gasteiger partial charge in [-0.2, -0.15) is 0 Å². The van der Waals surface area contributed by atoms with Crippen molar-refractivity contribution in [3.05, 3.63) is 0 Å². The van der Waals surface area contributed by atoms with Crippen LogP contribution in [0, 0.1) is 134 Å². The molecule has 0 aliphatic heterocycles. The quantitative estimate of drug-likeness (QED) is 0.227. The standard InChI is InChI=1S/4C10H18.2C9H16.3C8H14.9C4H10/c4*1-2-6-10-8-4-3-7-9(10)5-1;1-2-5-9-7-3-6-8(9)4-1;1-2-5-9(6-3-1)7-4-8-9;3*1-2-4-8(5-3-1)6-7-8;9*1-4(2)3/h4*9-10H,1-8H2;8-9H,1-7H2;1-8H2;3*1-7H2;9*4H,1-3H3. The van der Waals surface area contributed by atoms with Gasteiger partial charge in [0.15, 0.2) is 0 Å². The lowest BCUT2D eigenvalue weighted by Crippen LogP contribution is -2.31. The molecule has 0 heteroatoms. The van der Waals surface area contributed by atoms with Crippen molar-refractivity contribution in [2.24, 2.45) is 134 Å². The van der Waals surface area contributed by atoms with Crippen molar-refractivity contribution in [3.63, 3.8) is 0 Å². The van der Waals surface area contributed by atoms with Gasteiger partial charge in [0.25, 0.3) is 0 Å². The summed E-state index contributed by atoms with van der Waals surface area (Å²) in [7, 11) is 0. The van der Waals surface area contributed by atoms with Gasteiger partial charge in [-0.3, -0.25) is 0 Å². The fraction of sp³-hybridized carbons (Fsp3) is 1.00. The molecule has 0 amide bonds. The summed E-state index contributed by atoms with van der Waals surface area (Å²) >= 11 is 0. The number of fused-ring (bicyclic) bond motifs is 5. The molecular formula is C118H236. The Morgan fingerprint density at radius 2 is 0.186 bits per heavy atom. The molecule has 18 fully saturated rings. The molecule has 0 aromatic carbocycles. The summed E-state index contributed by atoms with van der Waals surface area (Å²) in [6.45, 7) is 58.5. The van der Waals surface area contributed by atoms with Crippen LogP contribution >= 0.6 is 0 Å². The van der Waals surface area contributed by atoms with Gasteiger partial charge in [-0.1, -0.05) is 521 Å². The first-order valence-electron chi connectivity index (χ1n) is 56.1. The molecule has 0 saturated heterocycles. The molecule has 0 nitrogen and oxygen atoms in total. The average molecular weight is 1660 g/mol. The molecule has 2 unspecified atom stereocenters. The van der Waals surface area contributed by atoms with Crippen molar-refractivity contribution in [2.75, 3.05) is 0 Å². The van der Waals surface area contributed by atoms with E-state index in [1.807, 2.05) is 0 Å². The summed E-state index contributed by atoms with van der Waals surface area (Å²) in [4.78, 5) is 0. The van der Waals surface area contributed by atoms with Crippen LogP contribution in [-0.4, -0.2) is 0 Å². The molecule has 0 bridgehead atoms. The van der Waals surface area contributed by atoms with Gasteiger partial charge < -0.3 is 0 Å². The van der Waals surface area contributed by atoms with Crippen molar-refractivity contribution in [3.8, 4) is 0 Å². The van der Waals surface area contributed by atoms with Crippen LogP contribution in [0.25, 0.3) is 0 Å². The second-order valence-corrected chi connectivity index (χ2v) is 50.3. The average Bonchev–Trinajstić information content (AvgIpc) is 1.64. The molecule has 0 N–H and O–H groups in total. The van der Waals surface area contributed by atoms with Gasteiger partial charge in [0.2, 0.25) is 0 Å². The van der Waals surface area contributed by atoms with Crippen LogP contribution in [-0.2, 0) is 0 Å². The highest BCUT2D eigenvalue weighted by Gasteiger charge is 2.44. The SMILES string of the molecule is C1CCC2(CC1)CC2.C1CCC2(CC1)CC2.C1CCC2(CC1)CC2.C1CCC2(CC1)CCC2.C1CCC2CCCC2C1.C1CCC2CCCCC2C1.C1CCC2CCCCC2C1.C1CCC2CCCCC2C1.C1CCC2CCCCC2C1.CC(C)C.CC(C)C.CC(C)C.CC(C)C.CC(C)C.CC(C)C.CC(C)C.CC(C)C.CC(C)C. The third-order valence-electron chi connectivity index (χ3n) is 29.0. The van der Waals surface area contributed by atoms with Crippen LogP contribution in [0.2, 0.25) is 0 Å². The van der Waals surface area contributed by atoms with Gasteiger partial charge >= 0.3 is 0 Å². The highest BCUT2D eigenvalue weighted by molar-refractivity contribution is 4.97.